The highest BCUT2D eigenvalue weighted by atomic mass is 16.5. The first kappa shape index (κ1) is 16.9. The number of carbonyl (C=O) groups excluding carboxylic acids is 2. The van der Waals surface area contributed by atoms with Crippen LogP contribution >= 0.6 is 0 Å². The van der Waals surface area contributed by atoms with E-state index in [1.165, 1.54) is 0 Å². The summed E-state index contributed by atoms with van der Waals surface area (Å²) in [4.78, 5) is 24.4. The second-order valence-corrected chi connectivity index (χ2v) is 6.60. The molecule has 120 valence electrons. The fourth-order valence-corrected chi connectivity index (χ4v) is 2.29. The second-order valence-electron chi connectivity index (χ2n) is 6.60. The van der Waals surface area contributed by atoms with Gasteiger partial charge in [-0.05, 0) is 28.7 Å². The number of hydrogen-bond donors (Lipinski definition) is 0. The van der Waals surface area contributed by atoms with Crippen LogP contribution in [0, 0.1) is 0 Å². The second kappa shape index (κ2) is 6.78. The summed E-state index contributed by atoms with van der Waals surface area (Å²) < 4.78 is 5.08. The fraction of sp³-hybridized carbons (Fsp3) is 0.300. The number of methoxy groups -OCH3 is 1. The summed E-state index contributed by atoms with van der Waals surface area (Å²) in [6, 6.07) is 14.4. The minimum absolute atomic E-state index is 0.0225. The minimum Gasteiger partial charge on any atom is -0.497 e. The molecule has 0 heterocycles. The van der Waals surface area contributed by atoms with Crippen molar-refractivity contribution in [2.24, 2.45) is 0 Å². The Kier molecular flexibility index (Phi) is 4.99. The lowest BCUT2D eigenvalue weighted by Gasteiger charge is -2.18. The maximum Gasteiger partial charge on any atom is 0.228 e. The van der Waals surface area contributed by atoms with E-state index in [1.807, 2.05) is 12.1 Å². The molecule has 0 fully saturated rings. The van der Waals surface area contributed by atoms with Crippen molar-refractivity contribution in [2.75, 3.05) is 7.11 Å². The Morgan fingerprint density at radius 3 is 1.96 bits per heavy atom. The van der Waals surface area contributed by atoms with Crippen LogP contribution in [0.15, 0.2) is 48.5 Å². The molecule has 23 heavy (non-hydrogen) atoms. The average Bonchev–Trinajstić information content (AvgIpc) is 2.54. The van der Waals surface area contributed by atoms with E-state index in [0.717, 1.165) is 16.9 Å². The van der Waals surface area contributed by atoms with Crippen LogP contribution in [0.1, 0.15) is 42.3 Å². The summed E-state index contributed by atoms with van der Waals surface area (Å²) in [6.45, 7) is 6.33. The molecule has 3 heteroatoms. The van der Waals surface area contributed by atoms with Crippen molar-refractivity contribution in [3.05, 3.63) is 65.2 Å². The Bertz CT molecular complexity index is 689. The zero-order valence-corrected chi connectivity index (χ0v) is 14.1. The van der Waals surface area contributed by atoms with Gasteiger partial charge in [-0.1, -0.05) is 57.2 Å². The van der Waals surface area contributed by atoms with Crippen LogP contribution in [0.4, 0.5) is 0 Å². The Hall–Kier alpha value is -2.42. The van der Waals surface area contributed by atoms with Crippen LogP contribution in [0.5, 0.6) is 5.75 Å². The molecule has 0 aliphatic rings. The van der Waals surface area contributed by atoms with E-state index in [0.29, 0.717) is 5.56 Å². The molecule has 0 aliphatic carbocycles. The van der Waals surface area contributed by atoms with Crippen molar-refractivity contribution in [2.45, 2.75) is 32.6 Å². The van der Waals surface area contributed by atoms with Crippen LogP contribution in [0.3, 0.4) is 0 Å². The number of rotatable bonds is 5. The highest BCUT2D eigenvalue weighted by Gasteiger charge is 2.18. The van der Waals surface area contributed by atoms with Gasteiger partial charge in [0, 0.05) is 12.0 Å². The average molecular weight is 310 g/mol. The Morgan fingerprint density at radius 2 is 1.48 bits per heavy atom. The monoisotopic (exact) mass is 310 g/mol. The summed E-state index contributed by atoms with van der Waals surface area (Å²) in [7, 11) is 1.59. The van der Waals surface area contributed by atoms with Gasteiger partial charge in [0.2, 0.25) is 11.6 Å². The number of ketones is 2. The number of hydrogen-bond acceptors (Lipinski definition) is 3. The first-order chi connectivity index (χ1) is 10.8. The lowest BCUT2D eigenvalue weighted by atomic mass is 9.86. The van der Waals surface area contributed by atoms with Gasteiger partial charge in [0.1, 0.15) is 5.75 Å². The van der Waals surface area contributed by atoms with E-state index in [1.54, 1.807) is 43.5 Å². The molecule has 0 unspecified atom stereocenters. The molecule has 0 aliphatic heterocycles. The zero-order chi connectivity index (χ0) is 17.0. The minimum atomic E-state index is -0.443. The van der Waals surface area contributed by atoms with Crippen LogP contribution < -0.4 is 4.74 Å². The number of carbonyl (C=O) groups is 2. The van der Waals surface area contributed by atoms with E-state index in [2.05, 4.69) is 20.8 Å². The third-order valence-electron chi connectivity index (χ3n) is 3.79. The van der Waals surface area contributed by atoms with Crippen molar-refractivity contribution >= 4 is 11.6 Å². The molecule has 2 aromatic carbocycles. The Morgan fingerprint density at radius 1 is 0.913 bits per heavy atom. The smallest absolute Gasteiger partial charge is 0.228 e. The highest BCUT2D eigenvalue weighted by molar-refractivity contribution is 6.44. The summed E-state index contributed by atoms with van der Waals surface area (Å²) in [5.74, 6) is -0.120. The first-order valence-electron chi connectivity index (χ1n) is 7.62. The SMILES string of the molecule is COc1ccc(CC(=O)C(=O)c2ccc(C(C)(C)C)cc2)cc1. The van der Waals surface area contributed by atoms with Crippen LogP contribution in [-0.4, -0.2) is 18.7 Å². The fourth-order valence-electron chi connectivity index (χ4n) is 2.29. The molecule has 0 N–H and O–H groups in total. The van der Waals surface area contributed by atoms with E-state index in [9.17, 15) is 9.59 Å². The molecular formula is C20H22O3. The highest BCUT2D eigenvalue weighted by Crippen LogP contribution is 2.22. The maximum absolute atomic E-state index is 12.3. The van der Waals surface area contributed by atoms with Crippen LogP contribution in [0.25, 0.3) is 0 Å². The van der Waals surface area contributed by atoms with Crippen molar-refractivity contribution in [3.63, 3.8) is 0 Å². The van der Waals surface area contributed by atoms with Gasteiger partial charge < -0.3 is 4.74 Å². The Balaban J connectivity index is 2.08. The first-order valence-corrected chi connectivity index (χ1v) is 7.62. The molecule has 2 aromatic rings. The molecule has 0 bridgehead atoms. The largest absolute Gasteiger partial charge is 0.497 e. The topological polar surface area (TPSA) is 43.4 Å². The van der Waals surface area contributed by atoms with Crippen LogP contribution in [0.2, 0.25) is 0 Å². The number of ether oxygens (including phenoxy) is 1. The molecule has 0 saturated carbocycles. The Labute approximate surface area is 137 Å². The third-order valence-corrected chi connectivity index (χ3v) is 3.79. The van der Waals surface area contributed by atoms with E-state index in [4.69, 9.17) is 4.74 Å². The van der Waals surface area contributed by atoms with Gasteiger partial charge in [-0.2, -0.15) is 0 Å². The molecular weight excluding hydrogens is 288 g/mol. The quantitative estimate of drug-likeness (QED) is 0.619. The van der Waals surface area contributed by atoms with Gasteiger partial charge in [-0.3, -0.25) is 9.59 Å². The zero-order valence-electron chi connectivity index (χ0n) is 14.1. The molecule has 2 rings (SSSR count). The molecule has 0 amide bonds. The van der Waals surface area contributed by atoms with Gasteiger partial charge in [-0.15, -0.1) is 0 Å². The normalized spacial score (nSPS) is 11.1. The summed E-state index contributed by atoms with van der Waals surface area (Å²) >= 11 is 0. The molecule has 0 spiro atoms. The van der Waals surface area contributed by atoms with Gasteiger partial charge in [-0.25, -0.2) is 0 Å². The van der Waals surface area contributed by atoms with Crippen molar-refractivity contribution in [1.82, 2.24) is 0 Å². The van der Waals surface area contributed by atoms with Gasteiger partial charge in [0.15, 0.2) is 0 Å². The molecule has 3 nitrogen and oxygen atoms in total. The van der Waals surface area contributed by atoms with E-state index >= 15 is 0 Å². The van der Waals surface area contributed by atoms with Gasteiger partial charge in [0.25, 0.3) is 0 Å². The van der Waals surface area contributed by atoms with Gasteiger partial charge in [0.05, 0.1) is 7.11 Å². The van der Waals surface area contributed by atoms with Gasteiger partial charge >= 0.3 is 0 Å². The lowest BCUT2D eigenvalue weighted by Crippen LogP contribution is -2.17. The van der Waals surface area contributed by atoms with Crippen LogP contribution in [-0.2, 0) is 16.6 Å². The van der Waals surface area contributed by atoms with E-state index < -0.39 is 11.6 Å². The summed E-state index contributed by atoms with van der Waals surface area (Å²) in [5.41, 5.74) is 2.40. The third kappa shape index (κ3) is 4.28. The predicted molar refractivity (Wildman–Crippen MR) is 91.2 cm³/mol. The summed E-state index contributed by atoms with van der Waals surface area (Å²) in [6.07, 6.45) is 0.101. The molecule has 0 aromatic heterocycles. The van der Waals surface area contributed by atoms with Crippen molar-refractivity contribution in [3.8, 4) is 5.75 Å². The summed E-state index contributed by atoms with van der Waals surface area (Å²) in [5, 5.41) is 0. The van der Waals surface area contributed by atoms with Crippen molar-refractivity contribution in [1.29, 1.82) is 0 Å². The molecule has 0 saturated heterocycles. The number of Topliss-reactive ketones (excluding diaryl/α,β-unsaturated/α-hetero) is 2. The molecule has 0 atom stereocenters. The standard InChI is InChI=1S/C20H22O3/c1-20(2,3)16-9-7-15(8-10-16)19(22)18(21)13-14-5-11-17(23-4)12-6-14/h5-12H,13H2,1-4H3. The maximum atomic E-state index is 12.3. The predicted octanol–water partition coefficient (Wildman–Crippen LogP) is 3.99. The lowest BCUT2D eigenvalue weighted by molar-refractivity contribution is -0.114. The molecule has 0 radical (unpaired) electrons. The number of benzene rings is 2. The van der Waals surface area contributed by atoms with Crippen molar-refractivity contribution < 1.29 is 14.3 Å². The van der Waals surface area contributed by atoms with E-state index in [-0.39, 0.29) is 11.8 Å².